The number of ketones is 1. The van der Waals surface area contributed by atoms with E-state index in [0.29, 0.717) is 110 Å². The van der Waals surface area contributed by atoms with Crippen molar-refractivity contribution in [3.8, 4) is 17.2 Å². The highest BCUT2D eigenvalue weighted by Crippen LogP contribution is 2.46. The first kappa shape index (κ1) is 91.3. The number of nitrogens with zero attached hydrogens (tertiary/aromatic N) is 3. The van der Waals surface area contributed by atoms with Crippen molar-refractivity contribution in [3.05, 3.63) is 258 Å². The van der Waals surface area contributed by atoms with Gasteiger partial charge in [-0.3, -0.25) is 24.0 Å². The number of nitrogens with two attached hydrogens (primary N) is 1. The number of hydrogen-bond acceptors (Lipinski definition) is 19. The molecule has 3 saturated heterocycles. The summed E-state index contributed by atoms with van der Waals surface area (Å²) in [5.74, 6) is 0.799. The first-order chi connectivity index (χ1) is 57.8. The number of carbonyl (C=O) groups is 6. The summed E-state index contributed by atoms with van der Waals surface area (Å²) in [4.78, 5) is 79.0. The van der Waals surface area contributed by atoms with Crippen LogP contribution >= 0.6 is 0 Å². The normalized spacial score (nSPS) is 22.8. The van der Waals surface area contributed by atoms with Gasteiger partial charge in [0.15, 0.2) is 5.78 Å². The number of ether oxygens (including phenoxy) is 6. The summed E-state index contributed by atoms with van der Waals surface area (Å²) in [7, 11) is 4.96. The molecule has 3 aliphatic carbocycles. The molecule has 15 atom stereocenters. The average Bonchev–Trinajstić information content (AvgIpc) is 1.66. The van der Waals surface area contributed by atoms with Gasteiger partial charge in [0.05, 0.1) is 89.9 Å². The molecule has 24 heteroatoms. The average molecular weight is 1630 g/mol. The second-order valence-electron chi connectivity index (χ2n) is 31.3. The van der Waals surface area contributed by atoms with Gasteiger partial charge in [0.1, 0.15) is 29.3 Å². The van der Waals surface area contributed by atoms with E-state index in [2.05, 4.69) is 59.7 Å². The number of carbonyl (C=O) groups excluding carboxylic acids is 5. The number of nitrogens with one attached hydrogen (secondary N) is 4. The molecule has 24 nitrogen and oxygen atoms in total. The van der Waals surface area contributed by atoms with Crippen LogP contribution in [-0.4, -0.2) is 199 Å². The number of likely N-dealkylation sites (tertiary alicyclic amines) is 3. The summed E-state index contributed by atoms with van der Waals surface area (Å²) in [5.41, 5.74) is 16.2. The lowest BCUT2D eigenvalue weighted by atomic mass is 9.86. The highest BCUT2D eigenvalue weighted by atomic mass is 16.5. The monoisotopic (exact) mass is 1630 g/mol. The van der Waals surface area contributed by atoms with Crippen LogP contribution in [0.5, 0.6) is 17.2 Å². The van der Waals surface area contributed by atoms with Gasteiger partial charge in [-0.25, -0.2) is 4.79 Å². The van der Waals surface area contributed by atoms with Gasteiger partial charge < -0.3 is 90.5 Å². The number of aliphatic carboxylic acids is 1. The first-order valence-electron chi connectivity index (χ1n) is 41.8. The fourth-order valence-electron chi connectivity index (χ4n) is 17.0. The molecule has 0 radical (unpaired) electrons. The van der Waals surface area contributed by atoms with Crippen LogP contribution in [0.1, 0.15) is 170 Å². The van der Waals surface area contributed by atoms with Crippen LogP contribution < -0.4 is 41.2 Å². The van der Waals surface area contributed by atoms with E-state index in [1.54, 1.807) is 49.4 Å². The van der Waals surface area contributed by atoms with Crippen molar-refractivity contribution in [1.82, 2.24) is 36.0 Å². The van der Waals surface area contributed by atoms with Gasteiger partial charge in [0.2, 0.25) is 23.6 Å². The van der Waals surface area contributed by atoms with Gasteiger partial charge in [0.25, 0.3) is 0 Å². The van der Waals surface area contributed by atoms with Gasteiger partial charge in [-0.15, -0.1) is 26.3 Å². The zero-order valence-corrected chi connectivity index (χ0v) is 69.1. The Morgan fingerprint density at radius 3 is 1.59 bits per heavy atom. The molecule has 0 saturated carbocycles. The van der Waals surface area contributed by atoms with Crippen LogP contribution in [0.25, 0.3) is 0 Å². The molecule has 4 aliphatic heterocycles. The number of benzene rings is 6. The maximum Gasteiger partial charge on any atom is 0.326 e. The predicted octanol–water partition coefficient (Wildman–Crippen LogP) is 11.1. The predicted molar refractivity (Wildman–Crippen MR) is 458 cm³/mol. The number of Topliss-reactive ketones (excluding diaryl/α,β-unsaturated/α-hetero) is 1. The molecule has 4 heterocycles. The zero-order valence-electron chi connectivity index (χ0n) is 69.1. The number of carboxylic acid groups (broad SMARTS) is 1. The molecule has 13 rings (SSSR count). The third-order valence-corrected chi connectivity index (χ3v) is 23.3. The van der Waals surface area contributed by atoms with Crippen molar-refractivity contribution in [2.45, 2.75) is 188 Å². The minimum absolute atomic E-state index is 0.00103. The lowest BCUT2D eigenvalue weighted by Crippen LogP contribution is -2.55. The number of aliphatic hydroxyl groups is 3. The van der Waals surface area contributed by atoms with Gasteiger partial charge >= 0.3 is 5.97 Å². The standard InChI is InChI=1S/C33H42N2O5.C30H37N3O5.C23H30N2O3.C9H13NO3/c1-4-10-29(35-16-9-13-33(35)38)30(36)19-24(18-23-11-7-6-8-12-23)31(37)22-34-28-21-32(40-17-5-2)26-15-14-25(39-3)20-27(26)28;1-37-21-12-13-22-23(17-21)24-18-28(22)38-15-6-5-10-26(33-14-7-11-29(33)35)30(36)32-25(27(34)19-31-24)16-20-8-3-2-4-9-20;1-3-11-28-23-14-21(19-13-17(27-2)9-10-18(19)23)25-15-22(26)20(24)12-16-7-5-4-6-8-16;1-2-4-7(9(12)13)10-6-3-5-8(10)11/h4-8,11-12,14-15,20,24,28-29,31-32,34,37H,1-2,9-10,13,16-19,21-22H2,3H3;2-6,8-9,12-13,17,24-28,31,34H,7,10-11,14-16,18-19H2,1H3,(H,32,36);3-10,13,20-23,25-26H,1,11-12,14-15,24H2,2H3;2,7H,1,3-6H2,(H,12,13)/t24-,28?,29?,31-,32?;24?,25-,26?,27+,28?;20-,21?,22+,23?;/m100./s1. The van der Waals surface area contributed by atoms with E-state index in [1.165, 1.54) is 11.0 Å². The van der Waals surface area contributed by atoms with Crippen LogP contribution in [0, 0.1) is 5.92 Å². The number of methoxy groups -OCH3 is 3. The third kappa shape index (κ3) is 25.6. The SMILES string of the molecule is C=CCC(C(=O)O)N1CCCC1=O.C=CCOC1CC(NC[C@@H](O)[C@@H](CC(=O)C(CC=C)N2CCCC2=O)Cc2ccccc2)c2cc(OC)ccc21.C=CCOC1CC(NC[C@@H](O)[C@@H](N)Cc2ccccc2)c2cc(OC)ccc21.COc1ccc2c(c1)C1CC2OCC=CCC(N2CCCC2=O)C(=O)N[C@@H](Cc2ccccc2)[C@H](O)CN1. The van der Waals surface area contributed by atoms with Crippen LogP contribution in [0.3, 0.4) is 0 Å². The second kappa shape index (κ2) is 46.6. The summed E-state index contributed by atoms with van der Waals surface area (Å²) in [6, 6.07) is 45.2. The highest BCUT2D eigenvalue weighted by molar-refractivity contribution is 5.91. The third-order valence-electron chi connectivity index (χ3n) is 23.3. The number of amides is 4. The number of fused-ring (bicyclic) bond motifs is 7. The number of rotatable bonds is 34. The van der Waals surface area contributed by atoms with Gasteiger partial charge in [-0.2, -0.15) is 0 Å². The summed E-state index contributed by atoms with van der Waals surface area (Å²) < 4.78 is 34.5. The Morgan fingerprint density at radius 2 is 1.08 bits per heavy atom. The number of hydrogen-bond donors (Lipinski definition) is 9. The van der Waals surface area contributed by atoms with E-state index >= 15 is 0 Å². The number of aliphatic hydroxyl groups excluding tert-OH is 3. The van der Waals surface area contributed by atoms with Crippen LogP contribution in [0.4, 0.5) is 0 Å². The summed E-state index contributed by atoms with van der Waals surface area (Å²) in [5, 5.41) is 55.9. The fourth-order valence-corrected chi connectivity index (χ4v) is 17.0. The van der Waals surface area contributed by atoms with Crippen molar-refractivity contribution in [2.75, 3.05) is 80.4 Å². The Kier molecular flexibility index (Phi) is 35.7. The van der Waals surface area contributed by atoms with Gasteiger partial charge in [0, 0.05) is 89.1 Å². The molecule has 6 aromatic carbocycles. The summed E-state index contributed by atoms with van der Waals surface area (Å²) >= 11 is 0. The molecule has 0 spiro atoms. The van der Waals surface area contributed by atoms with Crippen LogP contribution in [0.2, 0.25) is 0 Å². The van der Waals surface area contributed by atoms with Crippen molar-refractivity contribution >= 4 is 35.4 Å². The zero-order chi connectivity index (χ0) is 84.7. The van der Waals surface area contributed by atoms with Crippen molar-refractivity contribution in [3.63, 3.8) is 0 Å². The van der Waals surface area contributed by atoms with Gasteiger partial charge in [-0.1, -0.05) is 146 Å². The molecular weight excluding hydrogens is 1510 g/mol. The molecule has 0 aromatic heterocycles. The van der Waals surface area contributed by atoms with E-state index in [-0.39, 0.29) is 90.8 Å². The Hall–Kier alpha value is -9.96. The Balaban J connectivity index is 0.000000176. The molecule has 7 aliphatic rings. The molecule has 119 heavy (non-hydrogen) atoms. The van der Waals surface area contributed by atoms with Crippen molar-refractivity contribution in [2.24, 2.45) is 11.7 Å². The number of β-amino-alcohol motifs (C(OH)–C–C–N with tert-alkyl or cyclic N) is 1. The highest BCUT2D eigenvalue weighted by Gasteiger charge is 2.40. The maximum absolute atomic E-state index is 13.6. The quantitative estimate of drug-likeness (QED) is 0.0170. The molecule has 3 fully saturated rings. The molecular formula is C95H122N8O16. The molecule has 2 bridgehead atoms. The van der Waals surface area contributed by atoms with Gasteiger partial charge in [-0.05, 0) is 169 Å². The minimum Gasteiger partial charge on any atom is -0.497 e. The Labute approximate surface area is 700 Å². The second-order valence-corrected chi connectivity index (χ2v) is 31.3. The lowest BCUT2D eigenvalue weighted by molar-refractivity contribution is -0.148. The largest absolute Gasteiger partial charge is 0.497 e. The molecule has 638 valence electrons. The van der Waals surface area contributed by atoms with Crippen molar-refractivity contribution in [1.29, 1.82) is 0 Å². The van der Waals surface area contributed by atoms with E-state index in [4.69, 9.17) is 39.3 Å². The Bertz CT molecular complexity index is 4340. The molecule has 4 amide bonds. The van der Waals surface area contributed by atoms with E-state index in [1.807, 2.05) is 146 Å². The smallest absolute Gasteiger partial charge is 0.326 e. The van der Waals surface area contributed by atoms with Crippen LogP contribution in [-0.2, 0) is 62.2 Å². The topological polar surface area (TPSA) is 323 Å². The van der Waals surface area contributed by atoms with E-state index in [9.17, 15) is 44.1 Å². The summed E-state index contributed by atoms with van der Waals surface area (Å²) in [6.45, 7) is 18.9. The molecule has 10 N–H and O–H groups in total. The maximum atomic E-state index is 13.6. The fraction of sp³-hybridized carbons (Fsp3) is 0.453. The van der Waals surface area contributed by atoms with E-state index in [0.717, 1.165) is 106 Å². The first-order valence-corrected chi connectivity index (χ1v) is 41.8. The minimum atomic E-state index is -0.949. The summed E-state index contributed by atoms with van der Waals surface area (Å²) in [6.07, 6.45) is 17.2. The number of carboxylic acids is 1. The molecule has 6 aromatic rings. The van der Waals surface area contributed by atoms with Crippen molar-refractivity contribution < 1.29 is 77.6 Å². The van der Waals surface area contributed by atoms with E-state index < -0.39 is 48.4 Å². The Morgan fingerprint density at radius 1 is 0.588 bits per heavy atom. The lowest BCUT2D eigenvalue weighted by Gasteiger charge is -2.31. The molecule has 9 unspecified atom stereocenters. The van der Waals surface area contributed by atoms with Crippen LogP contribution in [0.15, 0.2) is 208 Å².